The van der Waals surface area contributed by atoms with Gasteiger partial charge in [0.25, 0.3) is 5.91 Å². The van der Waals surface area contributed by atoms with Crippen molar-refractivity contribution in [3.63, 3.8) is 0 Å². The van der Waals surface area contributed by atoms with Crippen LogP contribution < -0.4 is 5.32 Å². The molecule has 88 valence electrons. The first kappa shape index (κ1) is 12.3. The van der Waals surface area contributed by atoms with Gasteiger partial charge in [-0.3, -0.25) is 4.79 Å². The number of nitrogens with zero attached hydrogens (tertiary/aromatic N) is 1. The molecule has 0 aliphatic rings. The number of carbonyl (C=O) groups is 1. The smallest absolute Gasteiger partial charge is 0.253 e. The van der Waals surface area contributed by atoms with E-state index in [1.165, 1.54) is 0 Å². The maximum absolute atomic E-state index is 11.9. The Hall–Kier alpha value is -1.20. The summed E-state index contributed by atoms with van der Waals surface area (Å²) in [5.74, 6) is -0.108. The SMILES string of the molecule is CC(NC(=O)c1ccc(Br)nc1)c1ccsc1. The number of nitrogens with one attached hydrogen (secondary N) is 1. The molecule has 0 aliphatic heterocycles. The summed E-state index contributed by atoms with van der Waals surface area (Å²) in [6.45, 7) is 1.96. The Bertz CT molecular complexity index is 496. The molecule has 0 bridgehead atoms. The number of halogens is 1. The van der Waals surface area contributed by atoms with Crippen molar-refractivity contribution in [3.05, 3.63) is 50.9 Å². The third kappa shape index (κ3) is 3.14. The fraction of sp³-hybridized carbons (Fsp3) is 0.167. The van der Waals surface area contributed by atoms with E-state index in [-0.39, 0.29) is 11.9 Å². The van der Waals surface area contributed by atoms with Crippen LogP contribution >= 0.6 is 27.3 Å². The first-order chi connectivity index (χ1) is 8.16. The molecule has 1 N–H and O–H groups in total. The highest BCUT2D eigenvalue weighted by Crippen LogP contribution is 2.16. The lowest BCUT2D eigenvalue weighted by Crippen LogP contribution is -2.26. The molecule has 0 saturated carbocycles. The number of hydrogen-bond donors (Lipinski definition) is 1. The molecule has 1 atom stereocenters. The fourth-order valence-corrected chi connectivity index (χ4v) is 2.38. The second-order valence-electron chi connectivity index (χ2n) is 3.62. The van der Waals surface area contributed by atoms with Crippen LogP contribution in [0.4, 0.5) is 0 Å². The first-order valence-electron chi connectivity index (χ1n) is 5.11. The van der Waals surface area contributed by atoms with E-state index in [1.54, 1.807) is 29.7 Å². The van der Waals surface area contributed by atoms with Gasteiger partial charge in [0.2, 0.25) is 0 Å². The number of rotatable bonds is 3. The second kappa shape index (κ2) is 5.42. The fourth-order valence-electron chi connectivity index (χ4n) is 1.39. The summed E-state index contributed by atoms with van der Waals surface area (Å²) in [7, 11) is 0. The van der Waals surface area contributed by atoms with Crippen molar-refractivity contribution < 1.29 is 4.79 Å². The normalized spacial score (nSPS) is 12.1. The van der Waals surface area contributed by atoms with Gasteiger partial charge in [0.15, 0.2) is 0 Å². The first-order valence-corrected chi connectivity index (χ1v) is 6.85. The van der Waals surface area contributed by atoms with Crippen molar-refractivity contribution in [3.8, 4) is 0 Å². The van der Waals surface area contributed by atoms with Gasteiger partial charge in [0.1, 0.15) is 4.60 Å². The third-order valence-corrected chi connectivity index (χ3v) is 3.55. The van der Waals surface area contributed by atoms with Crippen molar-refractivity contribution in [2.45, 2.75) is 13.0 Å². The van der Waals surface area contributed by atoms with Crippen LogP contribution in [0.5, 0.6) is 0 Å². The maximum Gasteiger partial charge on any atom is 0.253 e. The molecule has 0 spiro atoms. The molecule has 2 aromatic heterocycles. The second-order valence-corrected chi connectivity index (χ2v) is 5.21. The van der Waals surface area contributed by atoms with E-state index >= 15 is 0 Å². The van der Waals surface area contributed by atoms with Gasteiger partial charge in [0.05, 0.1) is 11.6 Å². The summed E-state index contributed by atoms with van der Waals surface area (Å²) in [5, 5.41) is 6.96. The van der Waals surface area contributed by atoms with Crippen LogP contribution in [-0.2, 0) is 0 Å². The molecule has 0 aliphatic carbocycles. The highest BCUT2D eigenvalue weighted by atomic mass is 79.9. The van der Waals surface area contributed by atoms with Gasteiger partial charge in [-0.25, -0.2) is 4.98 Å². The largest absolute Gasteiger partial charge is 0.345 e. The predicted octanol–water partition coefficient (Wildman–Crippen LogP) is 3.40. The minimum atomic E-state index is -0.108. The lowest BCUT2D eigenvalue weighted by atomic mass is 10.1. The van der Waals surface area contributed by atoms with Gasteiger partial charge in [-0.2, -0.15) is 11.3 Å². The van der Waals surface area contributed by atoms with Crippen LogP contribution in [0, 0.1) is 0 Å². The summed E-state index contributed by atoms with van der Waals surface area (Å²) in [5.41, 5.74) is 1.68. The average molecular weight is 311 g/mol. The van der Waals surface area contributed by atoms with Crippen LogP contribution in [0.1, 0.15) is 28.9 Å². The summed E-state index contributed by atoms with van der Waals surface area (Å²) in [6.07, 6.45) is 1.56. The molecular formula is C12H11BrN2OS. The van der Waals surface area contributed by atoms with E-state index in [4.69, 9.17) is 0 Å². The molecule has 3 nitrogen and oxygen atoms in total. The Morgan fingerprint density at radius 3 is 2.88 bits per heavy atom. The standard InChI is InChI=1S/C12H11BrN2OS/c1-8(10-4-5-17-7-10)15-12(16)9-2-3-11(13)14-6-9/h2-8H,1H3,(H,15,16). The van der Waals surface area contributed by atoms with Crippen molar-refractivity contribution in [2.75, 3.05) is 0 Å². The Balaban J connectivity index is 2.04. The third-order valence-electron chi connectivity index (χ3n) is 2.38. The Kier molecular flexibility index (Phi) is 3.91. The molecule has 17 heavy (non-hydrogen) atoms. The van der Waals surface area contributed by atoms with Crippen LogP contribution in [0.3, 0.4) is 0 Å². The van der Waals surface area contributed by atoms with E-state index in [9.17, 15) is 4.79 Å². The molecule has 0 fully saturated rings. The minimum Gasteiger partial charge on any atom is -0.345 e. The summed E-state index contributed by atoms with van der Waals surface area (Å²) >= 11 is 4.86. The zero-order valence-corrected chi connectivity index (χ0v) is 11.6. The molecule has 5 heteroatoms. The molecule has 1 unspecified atom stereocenters. The van der Waals surface area contributed by atoms with Gasteiger partial charge < -0.3 is 5.32 Å². The molecular weight excluding hydrogens is 300 g/mol. The van der Waals surface area contributed by atoms with Crippen LogP contribution in [0.25, 0.3) is 0 Å². The molecule has 0 radical (unpaired) electrons. The minimum absolute atomic E-state index is 0.0115. The summed E-state index contributed by atoms with van der Waals surface area (Å²) < 4.78 is 0.722. The number of hydrogen-bond acceptors (Lipinski definition) is 3. The lowest BCUT2D eigenvalue weighted by Gasteiger charge is -2.12. The van der Waals surface area contributed by atoms with Gasteiger partial charge >= 0.3 is 0 Å². The van der Waals surface area contributed by atoms with Crippen LogP contribution in [-0.4, -0.2) is 10.9 Å². The molecule has 2 aromatic rings. The predicted molar refractivity (Wildman–Crippen MR) is 72.1 cm³/mol. The topological polar surface area (TPSA) is 42.0 Å². The molecule has 1 amide bonds. The van der Waals surface area contributed by atoms with E-state index < -0.39 is 0 Å². The average Bonchev–Trinajstić information content (AvgIpc) is 2.83. The van der Waals surface area contributed by atoms with Gasteiger partial charge in [-0.1, -0.05) is 0 Å². The maximum atomic E-state index is 11.9. The zero-order valence-electron chi connectivity index (χ0n) is 9.18. The summed E-state index contributed by atoms with van der Waals surface area (Å²) in [6, 6.07) is 5.52. The van der Waals surface area contributed by atoms with Crippen LogP contribution in [0.15, 0.2) is 39.8 Å². The summed E-state index contributed by atoms with van der Waals surface area (Å²) in [4.78, 5) is 15.9. The van der Waals surface area contributed by atoms with Gasteiger partial charge in [-0.05, 0) is 57.4 Å². The molecule has 2 rings (SSSR count). The van der Waals surface area contributed by atoms with Crippen molar-refractivity contribution >= 4 is 33.2 Å². The van der Waals surface area contributed by atoms with E-state index in [0.29, 0.717) is 5.56 Å². The highest BCUT2D eigenvalue weighted by molar-refractivity contribution is 9.10. The van der Waals surface area contributed by atoms with Crippen molar-refractivity contribution in [2.24, 2.45) is 0 Å². The number of pyridine rings is 1. The lowest BCUT2D eigenvalue weighted by molar-refractivity contribution is 0.0939. The number of amides is 1. The Labute approximate surface area is 112 Å². The Morgan fingerprint density at radius 1 is 1.47 bits per heavy atom. The number of carbonyl (C=O) groups excluding carboxylic acids is 1. The zero-order chi connectivity index (χ0) is 12.3. The van der Waals surface area contributed by atoms with E-state index in [1.807, 2.05) is 23.8 Å². The van der Waals surface area contributed by atoms with E-state index in [0.717, 1.165) is 10.2 Å². The van der Waals surface area contributed by atoms with Crippen LogP contribution in [0.2, 0.25) is 0 Å². The number of thiophene rings is 1. The quantitative estimate of drug-likeness (QED) is 0.883. The van der Waals surface area contributed by atoms with Crippen molar-refractivity contribution in [1.29, 1.82) is 0 Å². The van der Waals surface area contributed by atoms with E-state index in [2.05, 4.69) is 26.2 Å². The van der Waals surface area contributed by atoms with Gasteiger partial charge in [0, 0.05) is 6.20 Å². The monoisotopic (exact) mass is 310 g/mol. The molecule has 0 saturated heterocycles. The molecule has 0 aromatic carbocycles. The number of aromatic nitrogens is 1. The molecule has 2 heterocycles. The highest BCUT2D eigenvalue weighted by Gasteiger charge is 2.11. The van der Waals surface area contributed by atoms with Gasteiger partial charge in [-0.15, -0.1) is 0 Å². The van der Waals surface area contributed by atoms with Crippen molar-refractivity contribution in [1.82, 2.24) is 10.3 Å². The Morgan fingerprint density at radius 2 is 2.29 bits per heavy atom.